The van der Waals surface area contributed by atoms with Gasteiger partial charge in [0.05, 0.1) is 11.2 Å². The number of rotatable bonds is 6. The van der Waals surface area contributed by atoms with Crippen LogP contribution in [0.4, 0.5) is 35.7 Å². The molecule has 3 aliphatic heterocycles. The normalized spacial score (nSPS) is 16.5. The molecular weight excluding hydrogens is 1050 g/mol. The molecule has 9 rings (SSSR count). The summed E-state index contributed by atoms with van der Waals surface area (Å²) in [5.74, 6) is -2.27. The minimum atomic E-state index is -3.68. The predicted octanol–water partition coefficient (Wildman–Crippen LogP) is 8.74. The van der Waals surface area contributed by atoms with Crippen molar-refractivity contribution in [1.82, 2.24) is 9.97 Å². The zero-order valence-corrected chi connectivity index (χ0v) is 39.3. The first-order valence-electron chi connectivity index (χ1n) is 18.9. The van der Waals surface area contributed by atoms with E-state index in [1.807, 2.05) is 27.7 Å². The number of nitrogens with zero attached hydrogens (tertiary/aromatic N) is 2. The molecule has 2 amide bonds. The van der Waals surface area contributed by atoms with E-state index in [9.17, 15) is 35.9 Å². The van der Waals surface area contributed by atoms with Crippen molar-refractivity contribution in [2.45, 2.75) is 65.3 Å². The molecule has 334 valence electrons. The molecule has 22 heteroatoms. The molecule has 0 aliphatic carbocycles. The second-order valence-corrected chi connectivity index (χ2v) is 21.4. The van der Waals surface area contributed by atoms with Crippen LogP contribution in [0.15, 0.2) is 88.5 Å². The summed E-state index contributed by atoms with van der Waals surface area (Å²) in [6, 6.07) is 17.4. The number of carbonyl (C=O) groups is 2. The molecule has 6 aromatic rings. The van der Waals surface area contributed by atoms with E-state index in [1.54, 1.807) is 44.4 Å². The first-order chi connectivity index (χ1) is 30.0. The second-order valence-electron chi connectivity index (χ2n) is 15.1. The van der Waals surface area contributed by atoms with Gasteiger partial charge in [0.15, 0.2) is 11.5 Å². The number of hydrogen-bond acceptors (Lipinski definition) is 10. The summed E-state index contributed by atoms with van der Waals surface area (Å²) >= 11 is 2.87. The number of amides is 2. The number of carbonyl (C=O) groups excluding carboxylic acids is 2. The number of aryl methyl sites for hydroxylation is 2. The van der Waals surface area contributed by atoms with Gasteiger partial charge in [-0.2, -0.15) is 0 Å². The van der Waals surface area contributed by atoms with Gasteiger partial charge in [-0.15, -0.1) is 8.78 Å². The van der Waals surface area contributed by atoms with Crippen molar-refractivity contribution >= 4 is 78.7 Å². The second kappa shape index (κ2) is 18.1. The molecule has 64 heavy (non-hydrogen) atoms. The Labute approximate surface area is 382 Å². The first-order valence-corrected chi connectivity index (χ1v) is 23.1. The van der Waals surface area contributed by atoms with Crippen LogP contribution in [0.1, 0.15) is 59.5 Å². The van der Waals surface area contributed by atoms with E-state index < -0.39 is 54.4 Å². The van der Waals surface area contributed by atoms with Crippen LogP contribution in [0.5, 0.6) is 23.0 Å². The minimum absolute atomic E-state index is 0.00434. The quantitative estimate of drug-likeness (QED) is 0.123. The standard InChI is InChI=1S/C18H11F3N2O3Se.C14H17BF2O4.C10H6BrFN2OSe/c1-9-6-13-14(26-18(20,21)25-13)7-11(9)15-8-22-17(27-15)23-16(24)10-4-2-3-5-12(10)19;1-8-6-10-11(19-14(16,17)18-10)7-9(8)15-20-12(2,3)13(4,5)21-15;11-8-5-13-10(16-8)14-9(15)6-3-1-2-4-7(6)12/h2-8H,1H3,(H,22,23,24);6-7H,1-5H3;1-5H,(H,13,14,15). The molecule has 0 saturated carbocycles. The zero-order valence-electron chi connectivity index (χ0n) is 34.3. The Balaban J connectivity index is 0.000000149. The van der Waals surface area contributed by atoms with Gasteiger partial charge in [0.1, 0.15) is 0 Å². The predicted molar refractivity (Wildman–Crippen MR) is 228 cm³/mol. The molecule has 3 aliphatic rings. The van der Waals surface area contributed by atoms with Crippen LogP contribution in [0.3, 0.4) is 0 Å². The average Bonchev–Trinajstić information content (AvgIpc) is 4.01. The average molecular weight is 1090 g/mol. The number of fused-ring (bicyclic) bond motifs is 2. The summed E-state index contributed by atoms with van der Waals surface area (Å²) in [6.45, 7) is 11.3. The number of aromatic nitrogens is 2. The number of alkyl halides is 4. The van der Waals surface area contributed by atoms with Crippen LogP contribution in [0.25, 0.3) is 10.0 Å². The summed E-state index contributed by atoms with van der Waals surface area (Å²) in [7, 11) is -0.627. The van der Waals surface area contributed by atoms with Gasteiger partial charge in [0.2, 0.25) is 0 Å². The van der Waals surface area contributed by atoms with Crippen molar-refractivity contribution in [2.75, 3.05) is 10.6 Å². The van der Waals surface area contributed by atoms with Crippen LogP contribution in [0.2, 0.25) is 0 Å². The molecule has 1 fully saturated rings. The van der Waals surface area contributed by atoms with Crippen molar-refractivity contribution in [3.05, 3.63) is 122 Å². The SMILES string of the molecule is Cc1cc2c(cc1-c1cnc(NC(=O)c3ccccc3F)[se]1)OC(F)(F)O2.Cc1cc2c(cc1B1OC(C)(C)C(C)(C)O1)OC(F)(F)O2.O=C(Nc1ncc(Br)[se]1)c1ccccc1F. The van der Waals surface area contributed by atoms with Gasteiger partial charge in [-0.1, -0.05) is 0 Å². The Hall–Kier alpha value is -5.08. The van der Waals surface area contributed by atoms with Crippen LogP contribution < -0.4 is 35.0 Å². The van der Waals surface area contributed by atoms with Gasteiger partial charge >= 0.3 is 276 Å². The molecule has 12 nitrogen and oxygen atoms in total. The van der Waals surface area contributed by atoms with E-state index in [4.69, 9.17) is 9.31 Å². The van der Waals surface area contributed by atoms with Gasteiger partial charge in [-0.05, 0) is 57.8 Å². The van der Waals surface area contributed by atoms with Crippen molar-refractivity contribution in [1.29, 1.82) is 0 Å². The fourth-order valence-electron chi connectivity index (χ4n) is 6.09. The summed E-state index contributed by atoms with van der Waals surface area (Å²) in [4.78, 5) is 32.0. The van der Waals surface area contributed by atoms with Crippen LogP contribution >= 0.6 is 15.9 Å². The van der Waals surface area contributed by atoms with Crippen molar-refractivity contribution in [3.8, 4) is 33.0 Å². The molecule has 0 spiro atoms. The third kappa shape index (κ3) is 10.5. The summed E-state index contributed by atoms with van der Waals surface area (Å²) in [5.41, 5.74) is 1.75. The Bertz CT molecular complexity index is 2740. The Morgan fingerprint density at radius 1 is 0.641 bits per heavy atom. The molecule has 4 aromatic carbocycles. The monoisotopic (exact) mass is 1090 g/mol. The number of nitrogens with one attached hydrogen (secondary N) is 2. The molecule has 2 N–H and O–H groups in total. The molecule has 0 radical (unpaired) electrons. The molecule has 5 heterocycles. The van der Waals surface area contributed by atoms with Gasteiger partial charge < -0.3 is 18.8 Å². The number of ether oxygens (including phenoxy) is 4. The van der Waals surface area contributed by atoms with Crippen molar-refractivity contribution in [2.24, 2.45) is 0 Å². The number of benzene rings is 4. The number of hydrogen-bond donors (Lipinski definition) is 2. The third-order valence-electron chi connectivity index (χ3n) is 9.97. The summed E-state index contributed by atoms with van der Waals surface area (Å²) in [6.07, 6.45) is -4.11. The maximum absolute atomic E-state index is 13.7. The number of halogens is 7. The zero-order chi connectivity index (χ0) is 46.4. The van der Waals surface area contributed by atoms with Gasteiger partial charge in [-0.3, -0.25) is 0 Å². The molecule has 2 aromatic heterocycles. The fourth-order valence-corrected chi connectivity index (χ4v) is 9.99. The van der Waals surface area contributed by atoms with E-state index in [1.165, 1.54) is 54.6 Å². The van der Waals surface area contributed by atoms with E-state index in [0.717, 1.165) is 13.3 Å². The van der Waals surface area contributed by atoms with Gasteiger partial charge in [0, 0.05) is 0 Å². The summed E-state index contributed by atoms with van der Waals surface area (Å²) < 4.78 is 112. The van der Waals surface area contributed by atoms with E-state index in [-0.39, 0.29) is 63.1 Å². The Kier molecular flexibility index (Phi) is 13.2. The van der Waals surface area contributed by atoms with Crippen LogP contribution in [-0.4, -0.2) is 81.7 Å². The molecule has 0 atom stereocenters. The Morgan fingerprint density at radius 3 is 1.56 bits per heavy atom. The van der Waals surface area contributed by atoms with E-state index in [2.05, 4.69) is 55.5 Å². The summed E-state index contributed by atoms with van der Waals surface area (Å²) in [5, 5.41) is 5.17. The van der Waals surface area contributed by atoms with E-state index in [0.29, 0.717) is 26.0 Å². The van der Waals surface area contributed by atoms with Crippen molar-refractivity contribution in [3.63, 3.8) is 0 Å². The first kappa shape index (κ1) is 46.9. The molecule has 0 bridgehead atoms. The van der Waals surface area contributed by atoms with Gasteiger partial charge in [-0.25, -0.2) is 0 Å². The molecule has 1 saturated heterocycles. The maximum atomic E-state index is 13.7. The van der Waals surface area contributed by atoms with Crippen LogP contribution in [-0.2, 0) is 9.31 Å². The molecule has 0 unspecified atom stereocenters. The van der Waals surface area contributed by atoms with E-state index >= 15 is 0 Å². The fraction of sp³-hybridized carbons (Fsp3) is 0.238. The van der Waals surface area contributed by atoms with Crippen LogP contribution in [0, 0.1) is 25.5 Å². The van der Waals surface area contributed by atoms with Crippen molar-refractivity contribution < 1.29 is 64.2 Å². The third-order valence-corrected chi connectivity index (χ3v) is 14.5. The van der Waals surface area contributed by atoms with Gasteiger partial charge in [0.25, 0.3) is 0 Å². The Morgan fingerprint density at radius 2 is 1.08 bits per heavy atom. The number of anilines is 2. The molecular formula is C42H34BBrF6N4O8Se2. The topological polar surface area (TPSA) is 139 Å².